The molecule has 0 aliphatic heterocycles. The van der Waals surface area contributed by atoms with Crippen molar-refractivity contribution in [1.82, 2.24) is 9.78 Å². The molecule has 16 heavy (non-hydrogen) atoms. The van der Waals surface area contributed by atoms with Crippen molar-refractivity contribution in [3.05, 3.63) is 40.0 Å². The molecular formula is C13H15BrN2. The normalized spacial score (nSPS) is 10.8. The number of benzene rings is 1. The van der Waals surface area contributed by atoms with E-state index in [4.69, 9.17) is 0 Å². The van der Waals surface area contributed by atoms with Gasteiger partial charge in [0.05, 0.1) is 15.9 Å². The van der Waals surface area contributed by atoms with Crippen LogP contribution in [0.2, 0.25) is 0 Å². The van der Waals surface area contributed by atoms with E-state index in [2.05, 4.69) is 59.1 Å². The number of nitrogens with zero attached hydrogens (tertiary/aromatic N) is 2. The second-order valence-corrected chi connectivity index (χ2v) is 4.75. The predicted octanol–water partition coefficient (Wildman–Crippen LogP) is 3.72. The number of aryl methyl sites for hydroxylation is 3. The number of aromatic nitrogens is 2. The Labute approximate surface area is 104 Å². The summed E-state index contributed by atoms with van der Waals surface area (Å²) < 4.78 is 3.06. The minimum atomic E-state index is 0.945. The van der Waals surface area contributed by atoms with Crippen molar-refractivity contribution < 1.29 is 0 Å². The van der Waals surface area contributed by atoms with Crippen LogP contribution in [-0.4, -0.2) is 9.78 Å². The zero-order chi connectivity index (χ0) is 11.7. The Balaban J connectivity index is 2.60. The Kier molecular flexibility index (Phi) is 3.15. The first-order valence-corrected chi connectivity index (χ1v) is 6.21. The maximum atomic E-state index is 4.50. The third kappa shape index (κ3) is 1.92. The zero-order valence-corrected chi connectivity index (χ0v) is 11.4. The summed E-state index contributed by atoms with van der Waals surface area (Å²) in [4.78, 5) is 0. The van der Waals surface area contributed by atoms with Crippen molar-refractivity contribution in [3.8, 4) is 11.3 Å². The molecule has 0 saturated heterocycles. The van der Waals surface area contributed by atoms with Crippen LogP contribution in [0, 0.1) is 6.92 Å². The molecule has 1 heterocycles. The summed E-state index contributed by atoms with van der Waals surface area (Å²) in [6.45, 7) is 4.22. The zero-order valence-electron chi connectivity index (χ0n) is 9.79. The molecule has 0 aliphatic carbocycles. The van der Waals surface area contributed by atoms with Gasteiger partial charge in [-0.1, -0.05) is 30.7 Å². The number of halogens is 1. The van der Waals surface area contributed by atoms with Gasteiger partial charge in [0.15, 0.2) is 0 Å². The van der Waals surface area contributed by atoms with Crippen molar-refractivity contribution in [2.45, 2.75) is 20.3 Å². The van der Waals surface area contributed by atoms with Crippen LogP contribution >= 0.6 is 15.9 Å². The SMILES string of the molecule is CCc1nn(C)c(-c2cccc(C)c2)c1Br. The van der Waals surface area contributed by atoms with Gasteiger partial charge in [0.1, 0.15) is 0 Å². The van der Waals surface area contributed by atoms with Crippen LogP contribution in [0.5, 0.6) is 0 Å². The molecule has 1 aromatic heterocycles. The third-order valence-electron chi connectivity index (χ3n) is 2.68. The Hall–Kier alpha value is -1.09. The first-order chi connectivity index (χ1) is 7.63. The molecule has 3 heteroatoms. The maximum absolute atomic E-state index is 4.50. The van der Waals surface area contributed by atoms with E-state index < -0.39 is 0 Å². The lowest BCUT2D eigenvalue weighted by atomic mass is 10.1. The Bertz CT molecular complexity index is 515. The minimum absolute atomic E-state index is 0.945. The highest BCUT2D eigenvalue weighted by Crippen LogP contribution is 2.31. The quantitative estimate of drug-likeness (QED) is 0.819. The molecule has 0 amide bonds. The third-order valence-corrected chi connectivity index (χ3v) is 3.52. The van der Waals surface area contributed by atoms with E-state index >= 15 is 0 Å². The van der Waals surface area contributed by atoms with Crippen LogP contribution in [0.4, 0.5) is 0 Å². The minimum Gasteiger partial charge on any atom is -0.266 e. The summed E-state index contributed by atoms with van der Waals surface area (Å²) in [5.41, 5.74) is 4.74. The molecule has 1 aromatic carbocycles. The van der Waals surface area contributed by atoms with E-state index in [0.29, 0.717) is 0 Å². The Morgan fingerprint density at radius 3 is 2.69 bits per heavy atom. The van der Waals surface area contributed by atoms with Crippen LogP contribution in [0.1, 0.15) is 18.2 Å². The van der Waals surface area contributed by atoms with E-state index in [1.165, 1.54) is 11.1 Å². The molecule has 0 N–H and O–H groups in total. The Morgan fingerprint density at radius 2 is 2.12 bits per heavy atom. The Morgan fingerprint density at radius 1 is 1.38 bits per heavy atom. The van der Waals surface area contributed by atoms with Crippen molar-refractivity contribution >= 4 is 15.9 Å². The summed E-state index contributed by atoms with van der Waals surface area (Å²) in [7, 11) is 1.99. The summed E-state index contributed by atoms with van der Waals surface area (Å²) in [6.07, 6.45) is 0.945. The molecule has 0 saturated carbocycles. The first-order valence-electron chi connectivity index (χ1n) is 5.42. The summed E-state index contributed by atoms with van der Waals surface area (Å²) in [6, 6.07) is 8.49. The molecule has 0 unspecified atom stereocenters. The highest BCUT2D eigenvalue weighted by atomic mass is 79.9. The molecule has 0 spiro atoms. The van der Waals surface area contributed by atoms with Gasteiger partial charge in [-0.05, 0) is 35.3 Å². The van der Waals surface area contributed by atoms with Gasteiger partial charge >= 0.3 is 0 Å². The topological polar surface area (TPSA) is 17.8 Å². The molecule has 0 radical (unpaired) electrons. The molecular weight excluding hydrogens is 264 g/mol. The van der Waals surface area contributed by atoms with Gasteiger partial charge in [-0.3, -0.25) is 4.68 Å². The van der Waals surface area contributed by atoms with E-state index in [1.54, 1.807) is 0 Å². The van der Waals surface area contributed by atoms with Gasteiger partial charge in [-0.15, -0.1) is 0 Å². The molecule has 84 valence electrons. The van der Waals surface area contributed by atoms with Crippen LogP contribution in [0.25, 0.3) is 11.3 Å². The summed E-state index contributed by atoms with van der Waals surface area (Å²) in [5, 5.41) is 4.50. The molecule has 2 nitrogen and oxygen atoms in total. The number of hydrogen-bond acceptors (Lipinski definition) is 1. The largest absolute Gasteiger partial charge is 0.266 e. The lowest BCUT2D eigenvalue weighted by Gasteiger charge is -2.04. The highest BCUT2D eigenvalue weighted by molar-refractivity contribution is 9.10. The average molecular weight is 279 g/mol. The van der Waals surface area contributed by atoms with Gasteiger partial charge in [-0.2, -0.15) is 5.10 Å². The molecule has 0 bridgehead atoms. The first kappa shape index (κ1) is 11.4. The average Bonchev–Trinajstić information content (AvgIpc) is 2.53. The predicted molar refractivity (Wildman–Crippen MR) is 70.5 cm³/mol. The number of hydrogen-bond donors (Lipinski definition) is 0. The van der Waals surface area contributed by atoms with Gasteiger partial charge in [0.2, 0.25) is 0 Å². The van der Waals surface area contributed by atoms with Gasteiger partial charge in [-0.25, -0.2) is 0 Å². The monoisotopic (exact) mass is 278 g/mol. The van der Waals surface area contributed by atoms with E-state index in [1.807, 2.05) is 11.7 Å². The van der Waals surface area contributed by atoms with Gasteiger partial charge in [0.25, 0.3) is 0 Å². The summed E-state index contributed by atoms with van der Waals surface area (Å²) >= 11 is 3.64. The molecule has 2 rings (SSSR count). The summed E-state index contributed by atoms with van der Waals surface area (Å²) in [5.74, 6) is 0. The second kappa shape index (κ2) is 4.42. The van der Waals surface area contributed by atoms with E-state index in [0.717, 1.165) is 22.3 Å². The fourth-order valence-electron chi connectivity index (χ4n) is 1.89. The van der Waals surface area contributed by atoms with Crippen molar-refractivity contribution in [3.63, 3.8) is 0 Å². The molecule has 2 aromatic rings. The second-order valence-electron chi connectivity index (χ2n) is 3.96. The van der Waals surface area contributed by atoms with Crippen LogP contribution in [0.3, 0.4) is 0 Å². The lowest BCUT2D eigenvalue weighted by Crippen LogP contribution is -1.94. The van der Waals surface area contributed by atoms with Gasteiger partial charge < -0.3 is 0 Å². The van der Waals surface area contributed by atoms with Crippen molar-refractivity contribution in [2.75, 3.05) is 0 Å². The lowest BCUT2D eigenvalue weighted by molar-refractivity contribution is 0.753. The van der Waals surface area contributed by atoms with Crippen molar-refractivity contribution in [2.24, 2.45) is 7.05 Å². The van der Waals surface area contributed by atoms with Crippen LogP contribution in [-0.2, 0) is 13.5 Å². The maximum Gasteiger partial charge on any atom is 0.0824 e. The highest BCUT2D eigenvalue weighted by Gasteiger charge is 2.13. The van der Waals surface area contributed by atoms with Gasteiger partial charge in [0, 0.05) is 12.6 Å². The standard InChI is InChI=1S/C13H15BrN2/c1-4-11-12(14)13(16(3)15-11)10-7-5-6-9(2)8-10/h5-8H,4H2,1-3H3. The molecule has 0 aliphatic rings. The molecule has 0 fully saturated rings. The molecule has 0 atom stereocenters. The fraction of sp³-hybridized carbons (Fsp3) is 0.308. The van der Waals surface area contributed by atoms with E-state index in [-0.39, 0.29) is 0 Å². The number of rotatable bonds is 2. The fourth-order valence-corrected chi connectivity index (χ4v) is 2.73. The van der Waals surface area contributed by atoms with Crippen LogP contribution in [0.15, 0.2) is 28.7 Å². The van der Waals surface area contributed by atoms with Crippen molar-refractivity contribution in [1.29, 1.82) is 0 Å². The smallest absolute Gasteiger partial charge is 0.0824 e. The van der Waals surface area contributed by atoms with Crippen LogP contribution < -0.4 is 0 Å². The van der Waals surface area contributed by atoms with E-state index in [9.17, 15) is 0 Å².